The lowest BCUT2D eigenvalue weighted by Gasteiger charge is -2.34. The quantitative estimate of drug-likeness (QED) is 0.852. The molecule has 4 rings (SSSR count). The highest BCUT2D eigenvalue weighted by atomic mass is 16.3. The number of aliphatic hydroxyl groups excluding tert-OH is 1. The monoisotopic (exact) mass is 357 g/mol. The van der Waals surface area contributed by atoms with Crippen molar-refractivity contribution in [3.8, 4) is 0 Å². The summed E-state index contributed by atoms with van der Waals surface area (Å²) in [4.78, 5) is 29.0. The van der Waals surface area contributed by atoms with Gasteiger partial charge in [0.1, 0.15) is 0 Å². The van der Waals surface area contributed by atoms with Gasteiger partial charge in [0.15, 0.2) is 0 Å². The van der Waals surface area contributed by atoms with Gasteiger partial charge < -0.3 is 20.2 Å². The average molecular weight is 357 g/mol. The van der Waals surface area contributed by atoms with Crippen molar-refractivity contribution >= 4 is 11.9 Å². The Bertz CT molecular complexity index is 679. The van der Waals surface area contributed by atoms with E-state index in [1.165, 1.54) is 0 Å². The van der Waals surface area contributed by atoms with Gasteiger partial charge >= 0.3 is 6.03 Å². The van der Waals surface area contributed by atoms with Crippen molar-refractivity contribution in [2.24, 2.45) is 5.92 Å². The van der Waals surface area contributed by atoms with Crippen LogP contribution in [-0.2, 0) is 4.79 Å². The number of urea groups is 1. The molecule has 1 aliphatic carbocycles. The Morgan fingerprint density at radius 2 is 1.58 bits per heavy atom. The van der Waals surface area contributed by atoms with Gasteiger partial charge in [0.25, 0.3) is 0 Å². The minimum absolute atomic E-state index is 0.0483. The van der Waals surface area contributed by atoms with Crippen molar-refractivity contribution in [2.45, 2.75) is 44.2 Å². The highest BCUT2D eigenvalue weighted by Gasteiger charge is 2.34. The fourth-order valence-corrected chi connectivity index (χ4v) is 4.48. The van der Waals surface area contributed by atoms with E-state index in [4.69, 9.17) is 0 Å². The first-order chi connectivity index (χ1) is 12.6. The maximum atomic E-state index is 12.7. The van der Waals surface area contributed by atoms with Gasteiger partial charge in [0.05, 0.1) is 12.1 Å². The molecule has 3 aliphatic rings. The number of aliphatic hydroxyl groups is 1. The molecule has 2 fully saturated rings. The van der Waals surface area contributed by atoms with Gasteiger partial charge in [-0.2, -0.15) is 0 Å². The van der Waals surface area contributed by atoms with Gasteiger partial charge in [-0.3, -0.25) is 4.79 Å². The van der Waals surface area contributed by atoms with E-state index in [-0.39, 0.29) is 23.9 Å². The number of benzene rings is 1. The zero-order valence-corrected chi connectivity index (χ0v) is 15.1. The predicted molar refractivity (Wildman–Crippen MR) is 97.4 cm³/mol. The number of likely N-dealkylation sites (tertiary alicyclic amines) is 2. The van der Waals surface area contributed by atoms with Gasteiger partial charge in [-0.15, -0.1) is 0 Å². The van der Waals surface area contributed by atoms with Crippen LogP contribution in [0.5, 0.6) is 0 Å². The van der Waals surface area contributed by atoms with Crippen LogP contribution in [0.1, 0.15) is 55.4 Å². The van der Waals surface area contributed by atoms with Crippen LogP contribution in [-0.4, -0.2) is 53.0 Å². The van der Waals surface area contributed by atoms with Crippen molar-refractivity contribution in [1.82, 2.24) is 15.1 Å². The Morgan fingerprint density at radius 1 is 0.962 bits per heavy atom. The summed E-state index contributed by atoms with van der Waals surface area (Å²) in [5.41, 5.74) is 1.94. The lowest BCUT2D eigenvalue weighted by molar-refractivity contribution is -0.127. The van der Waals surface area contributed by atoms with Crippen molar-refractivity contribution in [1.29, 1.82) is 0 Å². The van der Waals surface area contributed by atoms with Gasteiger partial charge in [-0.25, -0.2) is 4.79 Å². The molecule has 0 bridgehead atoms. The first-order valence-electron chi connectivity index (χ1n) is 9.74. The molecule has 140 valence electrons. The normalized spacial score (nSPS) is 26.0. The molecule has 3 amide bonds. The van der Waals surface area contributed by atoms with E-state index in [1.54, 1.807) is 0 Å². The molecule has 2 unspecified atom stereocenters. The summed E-state index contributed by atoms with van der Waals surface area (Å²) in [7, 11) is 0. The number of amides is 3. The van der Waals surface area contributed by atoms with Crippen LogP contribution in [0.25, 0.3) is 0 Å². The summed E-state index contributed by atoms with van der Waals surface area (Å²) in [6.45, 7) is 3.03. The van der Waals surface area contributed by atoms with E-state index in [1.807, 2.05) is 34.1 Å². The van der Waals surface area contributed by atoms with Crippen LogP contribution >= 0.6 is 0 Å². The Morgan fingerprint density at radius 3 is 2.27 bits per heavy atom. The molecule has 0 radical (unpaired) electrons. The van der Waals surface area contributed by atoms with Gasteiger partial charge in [-0.1, -0.05) is 24.3 Å². The molecule has 1 aromatic rings. The van der Waals surface area contributed by atoms with Crippen LogP contribution < -0.4 is 5.32 Å². The minimum atomic E-state index is -0.503. The van der Waals surface area contributed by atoms with E-state index in [2.05, 4.69) is 5.32 Å². The van der Waals surface area contributed by atoms with E-state index in [0.717, 1.165) is 37.1 Å². The van der Waals surface area contributed by atoms with Crippen molar-refractivity contribution in [3.05, 3.63) is 35.4 Å². The first kappa shape index (κ1) is 17.3. The molecule has 6 nitrogen and oxygen atoms in total. The second-order valence-corrected chi connectivity index (χ2v) is 7.68. The second-order valence-electron chi connectivity index (χ2n) is 7.68. The molecule has 2 aliphatic heterocycles. The minimum Gasteiger partial charge on any atom is -0.388 e. The highest BCUT2D eigenvalue weighted by Crippen LogP contribution is 2.38. The smallest absolute Gasteiger partial charge is 0.319 e. The van der Waals surface area contributed by atoms with Crippen molar-refractivity contribution in [3.63, 3.8) is 0 Å². The summed E-state index contributed by atoms with van der Waals surface area (Å²) in [6, 6.07) is 7.78. The molecule has 0 saturated carbocycles. The zero-order valence-electron chi connectivity index (χ0n) is 15.1. The molecule has 26 heavy (non-hydrogen) atoms. The summed E-state index contributed by atoms with van der Waals surface area (Å²) >= 11 is 0. The summed E-state index contributed by atoms with van der Waals surface area (Å²) < 4.78 is 0. The van der Waals surface area contributed by atoms with Crippen LogP contribution in [0, 0.1) is 5.92 Å². The predicted octanol–water partition coefficient (Wildman–Crippen LogP) is 2.21. The number of nitrogens with one attached hydrogen (secondary N) is 1. The SMILES string of the molecule is O=C(NC1CC(O)c2ccccc21)C1CCN(C(=O)N2CCCC2)CC1. The zero-order chi connectivity index (χ0) is 18.1. The van der Waals surface area contributed by atoms with Crippen LogP contribution in [0.3, 0.4) is 0 Å². The number of hydrogen-bond acceptors (Lipinski definition) is 3. The van der Waals surface area contributed by atoms with E-state index >= 15 is 0 Å². The summed E-state index contributed by atoms with van der Waals surface area (Å²) in [5, 5.41) is 13.3. The van der Waals surface area contributed by atoms with E-state index < -0.39 is 6.10 Å². The Balaban J connectivity index is 1.31. The van der Waals surface area contributed by atoms with Gasteiger partial charge in [-0.05, 0) is 36.8 Å². The average Bonchev–Trinajstić information content (AvgIpc) is 3.31. The summed E-state index contributed by atoms with van der Waals surface area (Å²) in [6.07, 6.45) is 3.65. The number of hydrogen-bond donors (Lipinski definition) is 2. The number of carbonyl (C=O) groups is 2. The third kappa shape index (κ3) is 3.30. The van der Waals surface area contributed by atoms with E-state index in [0.29, 0.717) is 32.4 Å². The number of nitrogens with zero attached hydrogens (tertiary/aromatic N) is 2. The molecule has 2 saturated heterocycles. The Labute approximate surface area is 154 Å². The fraction of sp³-hybridized carbons (Fsp3) is 0.600. The van der Waals surface area contributed by atoms with Crippen molar-refractivity contribution < 1.29 is 14.7 Å². The molecule has 0 spiro atoms. The molecule has 0 aromatic heterocycles. The van der Waals surface area contributed by atoms with Gasteiger partial charge in [0, 0.05) is 38.5 Å². The Hall–Kier alpha value is -2.08. The molecule has 1 aromatic carbocycles. The Kier molecular flexibility index (Phi) is 4.85. The third-order valence-corrected chi connectivity index (χ3v) is 6.02. The second kappa shape index (κ2) is 7.27. The maximum absolute atomic E-state index is 12.7. The number of piperidine rings is 1. The van der Waals surface area contributed by atoms with Crippen LogP contribution in [0.4, 0.5) is 4.79 Å². The van der Waals surface area contributed by atoms with Gasteiger partial charge in [0.2, 0.25) is 5.91 Å². The van der Waals surface area contributed by atoms with Crippen LogP contribution in [0.2, 0.25) is 0 Å². The number of rotatable bonds is 2. The molecule has 2 atom stereocenters. The maximum Gasteiger partial charge on any atom is 0.319 e. The molecule has 2 heterocycles. The lowest BCUT2D eigenvalue weighted by atomic mass is 9.95. The highest BCUT2D eigenvalue weighted by molar-refractivity contribution is 5.80. The fourth-order valence-electron chi connectivity index (χ4n) is 4.48. The largest absolute Gasteiger partial charge is 0.388 e. The topological polar surface area (TPSA) is 72.9 Å². The molecular weight excluding hydrogens is 330 g/mol. The first-order valence-corrected chi connectivity index (χ1v) is 9.74. The molecular formula is C20H27N3O3. The van der Waals surface area contributed by atoms with Crippen LogP contribution in [0.15, 0.2) is 24.3 Å². The molecule has 2 N–H and O–H groups in total. The standard InChI is InChI=1S/C20H27N3O3/c24-18-13-17(15-5-1-2-6-16(15)18)21-19(25)14-7-11-23(12-8-14)20(26)22-9-3-4-10-22/h1-2,5-6,14,17-18,24H,3-4,7-13H2,(H,21,25). The molecule has 6 heteroatoms. The third-order valence-electron chi connectivity index (χ3n) is 6.02. The number of fused-ring (bicyclic) bond motifs is 1. The number of carbonyl (C=O) groups excluding carboxylic acids is 2. The van der Waals surface area contributed by atoms with Crippen molar-refractivity contribution in [2.75, 3.05) is 26.2 Å². The summed E-state index contributed by atoms with van der Waals surface area (Å²) in [5.74, 6) is -0.00490. The lowest BCUT2D eigenvalue weighted by Crippen LogP contribution is -2.48. The van der Waals surface area contributed by atoms with E-state index in [9.17, 15) is 14.7 Å².